The molecule has 0 saturated carbocycles. The van der Waals surface area contributed by atoms with Crippen molar-refractivity contribution in [2.75, 3.05) is 41.4 Å². The Bertz CT molecular complexity index is 650. The van der Waals surface area contributed by atoms with Gasteiger partial charge < -0.3 is 15.5 Å². The number of carbonyl (C=O) groups is 1. The smallest absolute Gasteiger partial charge is 0.241 e. The number of hydrogen-bond acceptors (Lipinski definition) is 5. The Morgan fingerprint density at radius 3 is 2.54 bits per heavy atom. The number of anilines is 2. The first-order valence-electron chi connectivity index (χ1n) is 7.63. The van der Waals surface area contributed by atoms with Gasteiger partial charge in [-0.25, -0.2) is 8.42 Å². The average molecular weight is 396 g/mol. The third-order valence-corrected chi connectivity index (χ3v) is 5.81. The van der Waals surface area contributed by atoms with E-state index in [1.54, 1.807) is 0 Å². The molecule has 2 aliphatic rings. The maximum Gasteiger partial charge on any atom is 0.241 e. The Kier molecular flexibility index (Phi) is 7.79. The van der Waals surface area contributed by atoms with Gasteiger partial charge in [-0.3, -0.25) is 4.79 Å². The molecule has 1 amide bonds. The highest BCUT2D eigenvalue weighted by Gasteiger charge is 2.23. The van der Waals surface area contributed by atoms with E-state index >= 15 is 0 Å². The average Bonchev–Trinajstić information content (AvgIpc) is 3.02. The predicted molar refractivity (Wildman–Crippen MR) is 101 cm³/mol. The van der Waals surface area contributed by atoms with E-state index in [0.717, 1.165) is 30.8 Å². The minimum Gasteiger partial charge on any atom is -0.369 e. The summed E-state index contributed by atoms with van der Waals surface area (Å²) in [5, 5.41) is 6.11. The second-order valence-corrected chi connectivity index (χ2v) is 8.13. The lowest BCUT2D eigenvalue weighted by atomic mass is 10.2. The summed E-state index contributed by atoms with van der Waals surface area (Å²) in [4.78, 5) is 14.2. The minimum atomic E-state index is -2.88. The van der Waals surface area contributed by atoms with Crippen molar-refractivity contribution in [2.24, 2.45) is 0 Å². The highest BCUT2D eigenvalue weighted by molar-refractivity contribution is 7.91. The van der Waals surface area contributed by atoms with E-state index in [2.05, 4.69) is 10.6 Å². The molecule has 0 radical (unpaired) electrons. The van der Waals surface area contributed by atoms with E-state index in [1.165, 1.54) is 0 Å². The van der Waals surface area contributed by atoms with Crippen LogP contribution in [0.15, 0.2) is 24.3 Å². The van der Waals surface area contributed by atoms with Crippen molar-refractivity contribution < 1.29 is 13.2 Å². The van der Waals surface area contributed by atoms with Crippen molar-refractivity contribution in [2.45, 2.75) is 18.9 Å². The van der Waals surface area contributed by atoms with Gasteiger partial charge in [-0.15, -0.1) is 24.8 Å². The molecule has 136 valence electrons. The molecule has 0 aromatic heterocycles. The van der Waals surface area contributed by atoms with Crippen LogP contribution in [0.4, 0.5) is 11.4 Å². The Hall–Kier alpha value is -1.02. The second-order valence-electron chi connectivity index (χ2n) is 5.83. The van der Waals surface area contributed by atoms with E-state index in [9.17, 15) is 13.2 Å². The molecule has 6 nitrogen and oxygen atoms in total. The van der Waals surface area contributed by atoms with E-state index in [0.29, 0.717) is 13.1 Å². The van der Waals surface area contributed by atoms with Crippen LogP contribution >= 0.6 is 24.8 Å². The lowest BCUT2D eigenvalue weighted by Gasteiger charge is -2.29. The molecule has 1 aromatic rings. The Morgan fingerprint density at radius 2 is 1.92 bits per heavy atom. The summed E-state index contributed by atoms with van der Waals surface area (Å²) in [6.07, 6.45) is 1.90. The molecule has 9 heteroatoms. The van der Waals surface area contributed by atoms with Crippen LogP contribution in [0.3, 0.4) is 0 Å². The van der Waals surface area contributed by atoms with E-state index < -0.39 is 9.84 Å². The molecule has 1 atom stereocenters. The molecule has 2 N–H and O–H groups in total. The van der Waals surface area contributed by atoms with Crippen molar-refractivity contribution in [1.82, 2.24) is 5.32 Å². The monoisotopic (exact) mass is 395 g/mol. The normalized spacial score (nSPS) is 22.2. The van der Waals surface area contributed by atoms with Gasteiger partial charge in [0.2, 0.25) is 5.91 Å². The van der Waals surface area contributed by atoms with Gasteiger partial charge in [-0.1, -0.05) is 6.07 Å². The fraction of sp³-hybridized carbons (Fsp3) is 0.533. The van der Waals surface area contributed by atoms with Crippen LogP contribution in [-0.4, -0.2) is 51.5 Å². The van der Waals surface area contributed by atoms with Crippen molar-refractivity contribution in [3.8, 4) is 0 Å². The zero-order chi connectivity index (χ0) is 15.6. The SMILES string of the molecule is Cl.Cl.O=C(Nc1cccc(N2CCS(=O)(=O)CC2)c1)C1CCCN1. The van der Waals surface area contributed by atoms with Crippen LogP contribution in [0, 0.1) is 0 Å². The first-order valence-corrected chi connectivity index (χ1v) is 9.45. The predicted octanol–water partition coefficient (Wildman–Crippen LogP) is 1.46. The fourth-order valence-electron chi connectivity index (χ4n) is 2.89. The second kappa shape index (κ2) is 8.89. The van der Waals surface area contributed by atoms with Crippen LogP contribution in [0.5, 0.6) is 0 Å². The van der Waals surface area contributed by atoms with E-state index in [4.69, 9.17) is 0 Å². The number of nitrogens with zero attached hydrogens (tertiary/aromatic N) is 1. The molecule has 2 saturated heterocycles. The minimum absolute atomic E-state index is 0. The maximum absolute atomic E-state index is 12.1. The molecule has 0 aliphatic carbocycles. The fourth-order valence-corrected chi connectivity index (χ4v) is 4.09. The molecule has 0 bridgehead atoms. The van der Waals surface area contributed by atoms with Crippen molar-refractivity contribution >= 4 is 51.9 Å². The first kappa shape index (κ1) is 21.0. The maximum atomic E-state index is 12.1. The molecule has 1 aromatic carbocycles. The third kappa shape index (κ3) is 5.24. The molecular weight excluding hydrogens is 373 g/mol. The lowest BCUT2D eigenvalue weighted by molar-refractivity contribution is -0.117. The topological polar surface area (TPSA) is 78.5 Å². The molecule has 2 fully saturated rings. The third-order valence-electron chi connectivity index (χ3n) is 4.20. The van der Waals surface area contributed by atoms with Gasteiger partial charge in [0.25, 0.3) is 0 Å². The van der Waals surface area contributed by atoms with Crippen molar-refractivity contribution in [3.05, 3.63) is 24.3 Å². The zero-order valence-corrected chi connectivity index (χ0v) is 15.7. The van der Waals surface area contributed by atoms with Gasteiger partial charge in [-0.2, -0.15) is 0 Å². The van der Waals surface area contributed by atoms with Gasteiger partial charge in [0, 0.05) is 24.5 Å². The van der Waals surface area contributed by atoms with Crippen LogP contribution in [-0.2, 0) is 14.6 Å². The number of sulfone groups is 1. The van der Waals surface area contributed by atoms with Gasteiger partial charge in [0.1, 0.15) is 0 Å². The van der Waals surface area contributed by atoms with Crippen molar-refractivity contribution in [1.29, 1.82) is 0 Å². The van der Waals surface area contributed by atoms with Crippen LogP contribution in [0.25, 0.3) is 0 Å². The highest BCUT2D eigenvalue weighted by Crippen LogP contribution is 2.22. The largest absolute Gasteiger partial charge is 0.369 e. The standard InChI is InChI=1S/C15H21N3O3S.2ClH/c19-15(14-5-2-6-16-14)17-12-3-1-4-13(11-12)18-7-9-22(20,21)10-8-18;;/h1,3-4,11,14,16H,2,5-10H2,(H,17,19);2*1H. The molecule has 2 heterocycles. The van der Waals surface area contributed by atoms with Gasteiger partial charge in [0.15, 0.2) is 9.84 Å². The number of nitrogens with one attached hydrogen (secondary N) is 2. The summed E-state index contributed by atoms with van der Waals surface area (Å²) in [5.41, 5.74) is 1.71. The summed E-state index contributed by atoms with van der Waals surface area (Å²) < 4.78 is 23.0. The number of rotatable bonds is 3. The molecule has 2 aliphatic heterocycles. The van der Waals surface area contributed by atoms with E-state index in [-0.39, 0.29) is 48.3 Å². The zero-order valence-electron chi connectivity index (χ0n) is 13.2. The van der Waals surface area contributed by atoms with Gasteiger partial charge >= 0.3 is 0 Å². The summed E-state index contributed by atoms with van der Waals surface area (Å²) >= 11 is 0. The molecular formula is C15H23Cl2N3O3S. The summed E-state index contributed by atoms with van der Waals surface area (Å²) in [6.45, 7) is 1.90. The lowest BCUT2D eigenvalue weighted by Crippen LogP contribution is -2.40. The Balaban J connectivity index is 0.00000144. The molecule has 0 spiro atoms. The van der Waals surface area contributed by atoms with Crippen LogP contribution in [0.1, 0.15) is 12.8 Å². The van der Waals surface area contributed by atoms with Gasteiger partial charge in [0.05, 0.1) is 17.5 Å². The summed E-state index contributed by atoms with van der Waals surface area (Å²) in [7, 11) is -2.88. The van der Waals surface area contributed by atoms with Crippen LogP contribution in [0.2, 0.25) is 0 Å². The molecule has 3 rings (SSSR count). The Labute approximate surface area is 155 Å². The number of benzene rings is 1. The number of halogens is 2. The highest BCUT2D eigenvalue weighted by atomic mass is 35.5. The number of amides is 1. The van der Waals surface area contributed by atoms with Gasteiger partial charge in [-0.05, 0) is 37.6 Å². The quantitative estimate of drug-likeness (QED) is 0.809. The summed E-state index contributed by atoms with van der Waals surface area (Å²) in [6, 6.07) is 7.49. The van der Waals surface area contributed by atoms with Crippen molar-refractivity contribution in [3.63, 3.8) is 0 Å². The molecule has 24 heavy (non-hydrogen) atoms. The first-order chi connectivity index (χ1) is 10.5. The Morgan fingerprint density at radius 1 is 1.21 bits per heavy atom. The number of hydrogen-bond donors (Lipinski definition) is 2. The number of carbonyl (C=O) groups excluding carboxylic acids is 1. The molecule has 1 unspecified atom stereocenters. The van der Waals surface area contributed by atoms with Crippen LogP contribution < -0.4 is 15.5 Å². The summed E-state index contributed by atoms with van der Waals surface area (Å²) in [5.74, 6) is 0.376. The van der Waals surface area contributed by atoms with E-state index in [1.807, 2.05) is 29.2 Å².